The Labute approximate surface area is 118 Å². The number of halogens is 3. The average molecular weight is 307 g/mol. The zero-order chi connectivity index (χ0) is 13.7. The first-order valence-electron chi connectivity index (χ1n) is 4.46. The lowest BCUT2D eigenvalue weighted by molar-refractivity contribution is -0.132. The highest BCUT2D eigenvalue weighted by molar-refractivity contribution is 6.48. The second kappa shape index (κ2) is 6.45. The molecular formula is C10H6Cl3N3O2. The van der Waals surface area contributed by atoms with E-state index in [4.69, 9.17) is 40.1 Å². The summed E-state index contributed by atoms with van der Waals surface area (Å²) in [5.74, 6) is -0.851. The SMILES string of the molecule is COC(=O)C(C#N)=NNc1cc(Cl)c(Cl)c(Cl)c1. The molecule has 0 amide bonds. The van der Waals surface area contributed by atoms with Crippen LogP contribution in [-0.4, -0.2) is 18.8 Å². The minimum Gasteiger partial charge on any atom is -0.464 e. The van der Waals surface area contributed by atoms with Gasteiger partial charge in [0.05, 0.1) is 27.9 Å². The Morgan fingerprint density at radius 3 is 2.39 bits per heavy atom. The first kappa shape index (κ1) is 14.6. The summed E-state index contributed by atoms with van der Waals surface area (Å²) in [5, 5.41) is 12.9. The smallest absolute Gasteiger partial charge is 0.369 e. The van der Waals surface area contributed by atoms with Gasteiger partial charge in [-0.25, -0.2) is 4.79 Å². The quantitative estimate of drug-likeness (QED) is 0.403. The molecule has 1 N–H and O–H groups in total. The molecule has 0 aliphatic carbocycles. The van der Waals surface area contributed by atoms with Gasteiger partial charge in [-0.1, -0.05) is 34.8 Å². The fourth-order valence-electron chi connectivity index (χ4n) is 0.953. The van der Waals surface area contributed by atoms with Crippen molar-refractivity contribution in [1.82, 2.24) is 0 Å². The Balaban J connectivity index is 2.96. The van der Waals surface area contributed by atoms with E-state index < -0.39 is 11.7 Å². The van der Waals surface area contributed by atoms with Crippen molar-refractivity contribution in [3.8, 4) is 6.07 Å². The van der Waals surface area contributed by atoms with Crippen LogP contribution in [0.5, 0.6) is 0 Å². The van der Waals surface area contributed by atoms with E-state index in [0.717, 1.165) is 7.11 Å². The fraction of sp³-hybridized carbons (Fsp3) is 0.100. The van der Waals surface area contributed by atoms with Crippen LogP contribution in [0.2, 0.25) is 15.1 Å². The number of ether oxygens (including phenoxy) is 1. The van der Waals surface area contributed by atoms with Gasteiger partial charge in [-0.2, -0.15) is 10.4 Å². The third-order valence-corrected chi connectivity index (χ3v) is 2.96. The molecule has 0 aromatic heterocycles. The number of nitrogens with one attached hydrogen (secondary N) is 1. The van der Waals surface area contributed by atoms with Gasteiger partial charge in [0.2, 0.25) is 5.71 Å². The molecule has 94 valence electrons. The lowest BCUT2D eigenvalue weighted by Crippen LogP contribution is -2.15. The van der Waals surface area contributed by atoms with Crippen molar-refractivity contribution in [2.45, 2.75) is 0 Å². The van der Waals surface area contributed by atoms with Crippen LogP contribution in [0.25, 0.3) is 0 Å². The van der Waals surface area contributed by atoms with Crippen LogP contribution in [0.4, 0.5) is 5.69 Å². The molecule has 0 radical (unpaired) electrons. The summed E-state index contributed by atoms with van der Waals surface area (Å²) in [7, 11) is 1.14. The Morgan fingerprint density at radius 2 is 1.94 bits per heavy atom. The minimum absolute atomic E-state index is 0.210. The van der Waals surface area contributed by atoms with Crippen LogP contribution < -0.4 is 5.43 Å². The highest BCUT2D eigenvalue weighted by Crippen LogP contribution is 2.33. The third kappa shape index (κ3) is 3.50. The Hall–Kier alpha value is -1.48. The highest BCUT2D eigenvalue weighted by atomic mass is 35.5. The summed E-state index contributed by atoms with van der Waals surface area (Å²) in [6, 6.07) is 4.48. The molecule has 0 spiro atoms. The Kier molecular flexibility index (Phi) is 5.23. The van der Waals surface area contributed by atoms with Gasteiger partial charge in [0.15, 0.2) is 0 Å². The second-order valence-electron chi connectivity index (χ2n) is 2.93. The molecule has 5 nitrogen and oxygen atoms in total. The molecule has 0 atom stereocenters. The second-order valence-corrected chi connectivity index (χ2v) is 4.12. The predicted octanol–water partition coefficient (Wildman–Crippen LogP) is 3.11. The van der Waals surface area contributed by atoms with Gasteiger partial charge in [-0.3, -0.25) is 5.43 Å². The molecule has 0 saturated heterocycles. The van der Waals surface area contributed by atoms with Gasteiger partial charge in [0, 0.05) is 0 Å². The summed E-state index contributed by atoms with van der Waals surface area (Å²) in [6.07, 6.45) is 0. The standard InChI is InChI=1S/C10H6Cl3N3O2/c1-18-10(17)8(4-14)16-15-5-2-6(11)9(13)7(12)3-5/h2-3,15H,1H3. The zero-order valence-corrected chi connectivity index (χ0v) is 11.3. The Morgan fingerprint density at radius 1 is 1.39 bits per heavy atom. The van der Waals surface area contributed by atoms with Gasteiger partial charge in [0.1, 0.15) is 6.07 Å². The molecule has 0 bridgehead atoms. The number of anilines is 1. The number of hydrogen-bond donors (Lipinski definition) is 1. The van der Waals surface area contributed by atoms with Crippen molar-refractivity contribution in [3.05, 3.63) is 27.2 Å². The van der Waals surface area contributed by atoms with E-state index in [1.54, 1.807) is 6.07 Å². The number of methoxy groups -OCH3 is 1. The summed E-state index contributed by atoms with van der Waals surface area (Å²) in [5.41, 5.74) is 2.41. The first-order valence-corrected chi connectivity index (χ1v) is 5.59. The summed E-state index contributed by atoms with van der Waals surface area (Å²) in [4.78, 5) is 11.1. The Bertz CT molecular complexity index is 529. The number of nitriles is 1. The predicted molar refractivity (Wildman–Crippen MR) is 70.2 cm³/mol. The van der Waals surface area contributed by atoms with Crippen molar-refractivity contribution in [2.24, 2.45) is 5.10 Å². The van der Waals surface area contributed by atoms with Crippen LogP contribution in [0.1, 0.15) is 0 Å². The van der Waals surface area contributed by atoms with Gasteiger partial charge in [-0.05, 0) is 12.1 Å². The maximum Gasteiger partial charge on any atom is 0.369 e. The molecule has 8 heteroatoms. The normalized spacial score (nSPS) is 10.7. The zero-order valence-electron chi connectivity index (χ0n) is 9.00. The highest BCUT2D eigenvalue weighted by Gasteiger charge is 2.11. The molecular weight excluding hydrogens is 300 g/mol. The van der Waals surface area contributed by atoms with E-state index in [-0.39, 0.29) is 15.1 Å². The van der Waals surface area contributed by atoms with Gasteiger partial charge in [-0.15, -0.1) is 0 Å². The molecule has 0 saturated carbocycles. The topological polar surface area (TPSA) is 74.5 Å². The van der Waals surface area contributed by atoms with Crippen molar-refractivity contribution in [2.75, 3.05) is 12.5 Å². The number of hydrogen-bond acceptors (Lipinski definition) is 5. The number of benzene rings is 1. The van der Waals surface area contributed by atoms with Crippen molar-refractivity contribution < 1.29 is 9.53 Å². The van der Waals surface area contributed by atoms with E-state index >= 15 is 0 Å². The van der Waals surface area contributed by atoms with Crippen molar-refractivity contribution in [1.29, 1.82) is 5.26 Å². The fourth-order valence-corrected chi connectivity index (χ4v) is 1.55. The lowest BCUT2D eigenvalue weighted by atomic mass is 10.3. The number of rotatable bonds is 3. The van der Waals surface area contributed by atoms with E-state index in [9.17, 15) is 4.79 Å². The lowest BCUT2D eigenvalue weighted by Gasteiger charge is -2.04. The monoisotopic (exact) mass is 305 g/mol. The van der Waals surface area contributed by atoms with E-state index in [0.29, 0.717) is 5.69 Å². The summed E-state index contributed by atoms with van der Waals surface area (Å²) in [6.45, 7) is 0. The van der Waals surface area contributed by atoms with E-state index in [1.807, 2.05) is 0 Å². The molecule has 1 rings (SSSR count). The number of carbonyl (C=O) groups excluding carboxylic acids is 1. The molecule has 18 heavy (non-hydrogen) atoms. The van der Waals surface area contributed by atoms with Crippen LogP contribution in [0, 0.1) is 11.3 Å². The van der Waals surface area contributed by atoms with Gasteiger partial charge in [0.25, 0.3) is 0 Å². The van der Waals surface area contributed by atoms with E-state index in [2.05, 4.69) is 15.3 Å². The molecule has 0 aliphatic heterocycles. The van der Waals surface area contributed by atoms with Crippen molar-refractivity contribution >= 4 is 52.2 Å². The van der Waals surface area contributed by atoms with Gasteiger partial charge >= 0.3 is 5.97 Å². The van der Waals surface area contributed by atoms with Crippen LogP contribution in [-0.2, 0) is 9.53 Å². The van der Waals surface area contributed by atoms with Crippen LogP contribution in [0.15, 0.2) is 17.2 Å². The van der Waals surface area contributed by atoms with Crippen LogP contribution >= 0.6 is 34.8 Å². The number of carbonyl (C=O) groups is 1. The minimum atomic E-state index is -0.851. The molecule has 0 unspecified atom stereocenters. The summed E-state index contributed by atoms with van der Waals surface area (Å²) >= 11 is 17.4. The maximum atomic E-state index is 11.1. The first-order chi connectivity index (χ1) is 8.49. The average Bonchev–Trinajstić information content (AvgIpc) is 2.36. The van der Waals surface area contributed by atoms with Crippen LogP contribution in [0.3, 0.4) is 0 Å². The molecule has 1 aromatic carbocycles. The molecule has 0 heterocycles. The van der Waals surface area contributed by atoms with Gasteiger partial charge < -0.3 is 4.74 Å². The summed E-state index contributed by atoms with van der Waals surface area (Å²) < 4.78 is 4.35. The third-order valence-electron chi connectivity index (χ3n) is 1.77. The molecule has 0 fully saturated rings. The molecule has 1 aromatic rings. The number of nitrogens with zero attached hydrogens (tertiary/aromatic N) is 2. The molecule has 0 aliphatic rings. The largest absolute Gasteiger partial charge is 0.464 e. The number of esters is 1. The van der Waals surface area contributed by atoms with E-state index in [1.165, 1.54) is 12.1 Å². The van der Waals surface area contributed by atoms with Crippen molar-refractivity contribution in [3.63, 3.8) is 0 Å². The number of hydrazone groups is 1. The maximum absolute atomic E-state index is 11.1.